The molecule has 1 unspecified atom stereocenters. The van der Waals surface area contributed by atoms with E-state index in [-0.39, 0.29) is 11.5 Å². The zero-order valence-corrected chi connectivity index (χ0v) is 12.9. The number of nitrogens with one attached hydrogen (secondary N) is 1. The quantitative estimate of drug-likeness (QED) is 0.807. The first-order valence-corrected chi connectivity index (χ1v) is 6.55. The van der Waals surface area contributed by atoms with Crippen molar-refractivity contribution in [2.24, 2.45) is 5.92 Å². The summed E-state index contributed by atoms with van der Waals surface area (Å²) in [6.45, 7) is 3.64. The van der Waals surface area contributed by atoms with Gasteiger partial charge in [0.2, 0.25) is 0 Å². The van der Waals surface area contributed by atoms with Gasteiger partial charge < -0.3 is 19.5 Å². The van der Waals surface area contributed by atoms with Crippen LogP contribution < -0.4 is 14.8 Å². The van der Waals surface area contributed by atoms with Gasteiger partial charge in [0.25, 0.3) is 5.91 Å². The summed E-state index contributed by atoms with van der Waals surface area (Å²) < 4.78 is 15.1. The molecule has 1 rings (SSSR count). The highest BCUT2D eigenvalue weighted by molar-refractivity contribution is 6.01. The fraction of sp³-hybridized carbons (Fsp3) is 0.467. The molecular weight excluding hydrogens is 274 g/mol. The van der Waals surface area contributed by atoms with Crippen LogP contribution in [0.25, 0.3) is 0 Å². The van der Waals surface area contributed by atoms with Gasteiger partial charge in [-0.25, -0.2) is 4.79 Å². The van der Waals surface area contributed by atoms with Gasteiger partial charge in [-0.1, -0.05) is 19.9 Å². The Morgan fingerprint density at radius 1 is 1.05 bits per heavy atom. The van der Waals surface area contributed by atoms with Crippen molar-refractivity contribution in [2.75, 3.05) is 21.3 Å². The Balaban J connectivity index is 3.10. The Kier molecular flexibility index (Phi) is 6.02. The lowest BCUT2D eigenvalue weighted by atomic mass is 10.0. The van der Waals surface area contributed by atoms with Crippen LogP contribution in [0.4, 0.5) is 0 Å². The third kappa shape index (κ3) is 3.87. The number of rotatable bonds is 6. The number of amides is 1. The molecule has 0 saturated carbocycles. The molecule has 0 radical (unpaired) electrons. The second-order valence-corrected chi connectivity index (χ2v) is 4.76. The Hall–Kier alpha value is -2.24. The molecule has 1 aromatic rings. The fourth-order valence-corrected chi connectivity index (χ4v) is 1.91. The van der Waals surface area contributed by atoms with Crippen molar-refractivity contribution < 1.29 is 23.8 Å². The zero-order chi connectivity index (χ0) is 16.0. The number of hydrogen-bond acceptors (Lipinski definition) is 5. The highest BCUT2D eigenvalue weighted by Crippen LogP contribution is 2.28. The summed E-state index contributed by atoms with van der Waals surface area (Å²) in [7, 11) is 4.21. The van der Waals surface area contributed by atoms with Crippen LogP contribution in [0.15, 0.2) is 18.2 Å². The Labute approximate surface area is 124 Å². The number of benzene rings is 1. The van der Waals surface area contributed by atoms with Crippen LogP contribution in [-0.4, -0.2) is 39.2 Å². The van der Waals surface area contributed by atoms with Gasteiger partial charge in [-0.15, -0.1) is 0 Å². The van der Waals surface area contributed by atoms with E-state index in [0.717, 1.165) is 0 Å². The van der Waals surface area contributed by atoms with Crippen LogP contribution in [-0.2, 0) is 9.53 Å². The van der Waals surface area contributed by atoms with Gasteiger partial charge in [-0.3, -0.25) is 4.79 Å². The van der Waals surface area contributed by atoms with Crippen LogP contribution in [0.5, 0.6) is 11.5 Å². The Bertz CT molecular complexity index is 491. The summed E-state index contributed by atoms with van der Waals surface area (Å²) >= 11 is 0. The summed E-state index contributed by atoms with van der Waals surface area (Å²) in [5, 5.41) is 2.66. The number of carbonyl (C=O) groups is 2. The van der Waals surface area contributed by atoms with E-state index < -0.39 is 17.9 Å². The SMILES string of the molecule is COC(=O)C(NC(=O)c1c(OC)cccc1OC)C(C)C. The average Bonchev–Trinajstić information content (AvgIpc) is 2.50. The van der Waals surface area contributed by atoms with Crippen molar-refractivity contribution in [1.82, 2.24) is 5.32 Å². The maximum Gasteiger partial charge on any atom is 0.328 e. The number of ether oxygens (including phenoxy) is 3. The van der Waals surface area contributed by atoms with Gasteiger partial charge in [0, 0.05) is 0 Å². The molecule has 6 nitrogen and oxygen atoms in total. The topological polar surface area (TPSA) is 73.9 Å². The molecular formula is C15H21NO5. The van der Waals surface area contributed by atoms with E-state index in [2.05, 4.69) is 5.32 Å². The zero-order valence-electron chi connectivity index (χ0n) is 12.9. The Morgan fingerprint density at radius 2 is 1.57 bits per heavy atom. The fourth-order valence-electron chi connectivity index (χ4n) is 1.91. The van der Waals surface area contributed by atoms with Crippen LogP contribution in [0.1, 0.15) is 24.2 Å². The Morgan fingerprint density at radius 3 is 1.95 bits per heavy atom. The summed E-state index contributed by atoms with van der Waals surface area (Å²) in [4.78, 5) is 24.2. The largest absolute Gasteiger partial charge is 0.496 e. The molecule has 6 heteroatoms. The molecule has 0 bridgehead atoms. The summed E-state index contributed by atoms with van der Waals surface area (Å²) in [5.41, 5.74) is 0.247. The van der Waals surface area contributed by atoms with Crippen molar-refractivity contribution in [3.63, 3.8) is 0 Å². The molecule has 0 heterocycles. The minimum atomic E-state index is -0.739. The molecule has 0 aliphatic rings. The maximum absolute atomic E-state index is 12.5. The second kappa shape index (κ2) is 7.52. The third-order valence-corrected chi connectivity index (χ3v) is 3.06. The lowest BCUT2D eigenvalue weighted by molar-refractivity contribution is -0.144. The second-order valence-electron chi connectivity index (χ2n) is 4.76. The summed E-state index contributed by atoms with van der Waals surface area (Å²) in [6, 6.07) is 4.28. The first-order valence-electron chi connectivity index (χ1n) is 6.55. The molecule has 0 saturated heterocycles. The monoisotopic (exact) mass is 295 g/mol. The van der Waals surface area contributed by atoms with E-state index in [1.54, 1.807) is 18.2 Å². The van der Waals surface area contributed by atoms with E-state index >= 15 is 0 Å². The molecule has 0 fully saturated rings. The summed E-state index contributed by atoms with van der Waals surface area (Å²) in [5.74, 6) is -0.304. The molecule has 1 aromatic carbocycles. The van der Waals surface area contributed by atoms with Crippen LogP contribution in [0.2, 0.25) is 0 Å². The van der Waals surface area contributed by atoms with Crippen LogP contribution >= 0.6 is 0 Å². The van der Waals surface area contributed by atoms with Crippen molar-refractivity contribution in [2.45, 2.75) is 19.9 Å². The van der Waals surface area contributed by atoms with E-state index in [1.807, 2.05) is 13.8 Å². The molecule has 0 aliphatic heterocycles. The third-order valence-electron chi connectivity index (χ3n) is 3.06. The van der Waals surface area contributed by atoms with E-state index in [0.29, 0.717) is 11.5 Å². The highest BCUT2D eigenvalue weighted by Gasteiger charge is 2.28. The van der Waals surface area contributed by atoms with Gasteiger partial charge >= 0.3 is 5.97 Å². The van der Waals surface area contributed by atoms with E-state index in [1.165, 1.54) is 21.3 Å². The van der Waals surface area contributed by atoms with Crippen molar-refractivity contribution in [1.29, 1.82) is 0 Å². The molecule has 0 spiro atoms. The first-order chi connectivity index (χ1) is 9.96. The van der Waals surface area contributed by atoms with E-state index in [9.17, 15) is 9.59 Å². The van der Waals surface area contributed by atoms with Gasteiger partial charge in [-0.2, -0.15) is 0 Å². The molecule has 0 aliphatic carbocycles. The molecule has 1 amide bonds. The minimum absolute atomic E-state index is 0.109. The minimum Gasteiger partial charge on any atom is -0.496 e. The predicted molar refractivity (Wildman–Crippen MR) is 77.7 cm³/mol. The molecule has 21 heavy (non-hydrogen) atoms. The van der Waals surface area contributed by atoms with Crippen LogP contribution in [0, 0.1) is 5.92 Å². The lowest BCUT2D eigenvalue weighted by Crippen LogP contribution is -2.45. The lowest BCUT2D eigenvalue weighted by Gasteiger charge is -2.21. The average molecular weight is 295 g/mol. The van der Waals surface area contributed by atoms with E-state index in [4.69, 9.17) is 14.2 Å². The highest BCUT2D eigenvalue weighted by atomic mass is 16.5. The molecule has 0 aromatic heterocycles. The van der Waals surface area contributed by atoms with Crippen molar-refractivity contribution >= 4 is 11.9 Å². The number of esters is 1. The molecule has 1 N–H and O–H groups in total. The van der Waals surface area contributed by atoms with Gasteiger partial charge in [0.1, 0.15) is 23.1 Å². The number of carbonyl (C=O) groups excluding carboxylic acids is 2. The van der Waals surface area contributed by atoms with Gasteiger partial charge in [0.05, 0.1) is 21.3 Å². The maximum atomic E-state index is 12.5. The summed E-state index contributed by atoms with van der Waals surface area (Å²) in [6.07, 6.45) is 0. The smallest absolute Gasteiger partial charge is 0.328 e. The molecule has 1 atom stereocenters. The van der Waals surface area contributed by atoms with Crippen LogP contribution in [0.3, 0.4) is 0 Å². The van der Waals surface area contributed by atoms with Gasteiger partial charge in [0.15, 0.2) is 0 Å². The predicted octanol–water partition coefficient (Wildman–Crippen LogP) is 1.63. The normalized spacial score (nSPS) is 11.7. The van der Waals surface area contributed by atoms with Crippen molar-refractivity contribution in [3.05, 3.63) is 23.8 Å². The standard InChI is InChI=1S/C15H21NO5/c1-9(2)13(15(18)21-5)16-14(17)12-10(19-3)7-6-8-11(12)20-4/h6-9,13H,1-5H3,(H,16,17). The first kappa shape index (κ1) is 16.8. The number of hydrogen-bond donors (Lipinski definition) is 1. The number of methoxy groups -OCH3 is 3. The van der Waals surface area contributed by atoms with Gasteiger partial charge in [-0.05, 0) is 18.1 Å². The molecule has 116 valence electrons. The van der Waals surface area contributed by atoms with Crippen molar-refractivity contribution in [3.8, 4) is 11.5 Å².